The summed E-state index contributed by atoms with van der Waals surface area (Å²) in [5, 5.41) is 0. The molecule has 0 aliphatic carbocycles. The van der Waals surface area contributed by atoms with E-state index in [0.29, 0.717) is 0 Å². The number of nitrogens with two attached hydrogens (primary N) is 1. The molecule has 0 radical (unpaired) electrons. The third-order valence-corrected chi connectivity index (χ3v) is 3.08. The zero-order valence-corrected chi connectivity index (χ0v) is 9.59. The van der Waals surface area contributed by atoms with Crippen LogP contribution in [-0.2, 0) is 12.3 Å². The second-order valence-electron chi connectivity index (χ2n) is 3.27. The van der Waals surface area contributed by atoms with E-state index in [-0.39, 0.29) is 0 Å². The van der Waals surface area contributed by atoms with Gasteiger partial charge in [0.15, 0.2) is 0 Å². The van der Waals surface area contributed by atoms with E-state index in [1.807, 2.05) is 24.3 Å². The highest BCUT2D eigenvalue weighted by atomic mass is 32.2. The summed E-state index contributed by atoms with van der Waals surface area (Å²) >= 11 is 1.93. The van der Waals surface area contributed by atoms with Crippen molar-refractivity contribution in [2.75, 3.05) is 12.3 Å². The topological polar surface area (TPSA) is 43.8 Å². The number of thioether (sulfide) groups is 1. The van der Waals surface area contributed by atoms with Crippen molar-refractivity contribution in [1.82, 2.24) is 9.55 Å². The first-order chi connectivity index (χ1) is 6.88. The van der Waals surface area contributed by atoms with Crippen LogP contribution in [0.5, 0.6) is 0 Å². The highest BCUT2D eigenvalue weighted by Gasteiger charge is 2.00. The minimum Gasteiger partial charge on any atom is -0.334 e. The van der Waals surface area contributed by atoms with E-state index in [1.165, 1.54) is 5.69 Å². The molecule has 0 aromatic carbocycles. The Hall–Kier alpha value is -0.480. The van der Waals surface area contributed by atoms with Crippen LogP contribution in [0.25, 0.3) is 0 Å². The van der Waals surface area contributed by atoms with Gasteiger partial charge in [-0.15, -0.1) is 0 Å². The minimum absolute atomic E-state index is 0.793. The van der Waals surface area contributed by atoms with E-state index < -0.39 is 0 Å². The zero-order chi connectivity index (χ0) is 10.2. The predicted molar refractivity (Wildman–Crippen MR) is 62.4 cm³/mol. The van der Waals surface area contributed by atoms with Crippen molar-refractivity contribution >= 4 is 11.8 Å². The summed E-state index contributed by atoms with van der Waals surface area (Å²) in [5.41, 5.74) is 6.76. The summed E-state index contributed by atoms with van der Waals surface area (Å²) in [6.07, 6.45) is 6.15. The number of hydrogen-bond acceptors (Lipinski definition) is 3. The molecule has 0 unspecified atom stereocenters. The normalized spacial score (nSPS) is 10.7. The van der Waals surface area contributed by atoms with Gasteiger partial charge in [-0.1, -0.05) is 6.92 Å². The molecule has 0 saturated carbocycles. The molecule has 1 aromatic heterocycles. The van der Waals surface area contributed by atoms with E-state index in [0.717, 1.165) is 37.4 Å². The van der Waals surface area contributed by atoms with Crippen molar-refractivity contribution in [3.8, 4) is 0 Å². The van der Waals surface area contributed by atoms with Gasteiger partial charge in [0, 0.05) is 24.2 Å². The van der Waals surface area contributed by atoms with Gasteiger partial charge in [-0.25, -0.2) is 4.98 Å². The summed E-state index contributed by atoms with van der Waals surface area (Å²) in [6, 6.07) is 0. The SMILES string of the molecule is CCCn1cncc1CSCCCN. The van der Waals surface area contributed by atoms with Gasteiger partial charge in [0.05, 0.1) is 6.33 Å². The fourth-order valence-electron chi connectivity index (χ4n) is 1.27. The molecule has 0 aliphatic heterocycles. The fourth-order valence-corrected chi connectivity index (χ4v) is 2.24. The largest absolute Gasteiger partial charge is 0.334 e. The van der Waals surface area contributed by atoms with Gasteiger partial charge in [-0.3, -0.25) is 0 Å². The smallest absolute Gasteiger partial charge is 0.0948 e. The Balaban J connectivity index is 2.30. The van der Waals surface area contributed by atoms with E-state index in [2.05, 4.69) is 16.5 Å². The number of aryl methyl sites for hydroxylation is 1. The number of rotatable bonds is 7. The first kappa shape index (κ1) is 11.6. The Kier molecular flexibility index (Phi) is 5.71. The van der Waals surface area contributed by atoms with Crippen LogP contribution < -0.4 is 5.73 Å². The number of hydrogen-bond donors (Lipinski definition) is 1. The third-order valence-electron chi connectivity index (χ3n) is 2.01. The Bertz CT molecular complexity index is 247. The molecule has 14 heavy (non-hydrogen) atoms. The molecule has 0 amide bonds. The van der Waals surface area contributed by atoms with Gasteiger partial charge in [0.2, 0.25) is 0 Å². The summed E-state index contributed by atoms with van der Waals surface area (Å²) in [4.78, 5) is 4.16. The van der Waals surface area contributed by atoms with Crippen molar-refractivity contribution in [3.63, 3.8) is 0 Å². The molecule has 80 valence electrons. The average Bonchev–Trinajstić information content (AvgIpc) is 2.61. The lowest BCUT2D eigenvalue weighted by atomic mass is 10.4. The van der Waals surface area contributed by atoms with Crippen LogP contribution in [0, 0.1) is 0 Å². The van der Waals surface area contributed by atoms with Crippen LogP contribution in [0.3, 0.4) is 0 Å². The van der Waals surface area contributed by atoms with Crippen LogP contribution >= 0.6 is 11.8 Å². The van der Waals surface area contributed by atoms with Crippen LogP contribution in [0.15, 0.2) is 12.5 Å². The zero-order valence-electron chi connectivity index (χ0n) is 8.78. The molecule has 1 rings (SSSR count). The average molecular weight is 213 g/mol. The van der Waals surface area contributed by atoms with E-state index in [9.17, 15) is 0 Å². The second kappa shape index (κ2) is 6.90. The lowest BCUT2D eigenvalue weighted by Gasteiger charge is -2.05. The molecule has 0 saturated heterocycles. The van der Waals surface area contributed by atoms with Gasteiger partial charge < -0.3 is 10.3 Å². The number of aromatic nitrogens is 2. The van der Waals surface area contributed by atoms with Crippen molar-refractivity contribution in [2.24, 2.45) is 5.73 Å². The summed E-state index contributed by atoms with van der Waals surface area (Å²) in [5.74, 6) is 2.20. The van der Waals surface area contributed by atoms with E-state index in [1.54, 1.807) is 0 Å². The van der Waals surface area contributed by atoms with Gasteiger partial charge in [0.25, 0.3) is 0 Å². The van der Waals surface area contributed by atoms with Crippen molar-refractivity contribution in [3.05, 3.63) is 18.2 Å². The molecule has 1 aromatic rings. The monoisotopic (exact) mass is 213 g/mol. The van der Waals surface area contributed by atoms with Crippen molar-refractivity contribution < 1.29 is 0 Å². The lowest BCUT2D eigenvalue weighted by Crippen LogP contribution is -2.02. The van der Waals surface area contributed by atoms with Crippen molar-refractivity contribution in [1.29, 1.82) is 0 Å². The first-order valence-corrected chi connectivity index (χ1v) is 6.30. The van der Waals surface area contributed by atoms with Crippen molar-refractivity contribution in [2.45, 2.75) is 32.1 Å². The maximum absolute atomic E-state index is 5.43. The Labute approximate surface area is 90.1 Å². The molecular formula is C10H19N3S. The molecule has 0 atom stereocenters. The minimum atomic E-state index is 0.793. The summed E-state index contributed by atoms with van der Waals surface area (Å²) in [6.45, 7) is 4.05. The van der Waals surface area contributed by atoms with E-state index in [4.69, 9.17) is 5.73 Å². The second-order valence-corrected chi connectivity index (χ2v) is 4.38. The van der Waals surface area contributed by atoms with E-state index >= 15 is 0 Å². The fraction of sp³-hybridized carbons (Fsp3) is 0.700. The van der Waals surface area contributed by atoms with Crippen LogP contribution in [0.1, 0.15) is 25.5 Å². The summed E-state index contributed by atoms with van der Waals surface area (Å²) in [7, 11) is 0. The molecule has 0 bridgehead atoms. The third kappa shape index (κ3) is 3.72. The Morgan fingerprint density at radius 1 is 1.57 bits per heavy atom. The van der Waals surface area contributed by atoms with Gasteiger partial charge >= 0.3 is 0 Å². The Morgan fingerprint density at radius 2 is 2.43 bits per heavy atom. The molecule has 2 N–H and O–H groups in total. The molecule has 1 heterocycles. The Morgan fingerprint density at radius 3 is 3.14 bits per heavy atom. The quantitative estimate of drug-likeness (QED) is 0.703. The molecule has 0 fully saturated rings. The molecule has 3 nitrogen and oxygen atoms in total. The maximum Gasteiger partial charge on any atom is 0.0948 e. The first-order valence-electron chi connectivity index (χ1n) is 5.15. The van der Waals surface area contributed by atoms with Crippen LogP contribution in [0.4, 0.5) is 0 Å². The van der Waals surface area contributed by atoms with Crippen LogP contribution in [0.2, 0.25) is 0 Å². The predicted octanol–water partition coefficient (Wildman–Crippen LogP) is 1.88. The highest BCUT2D eigenvalue weighted by Crippen LogP contribution is 2.12. The lowest BCUT2D eigenvalue weighted by molar-refractivity contribution is 0.659. The molecule has 0 spiro atoms. The molecular weight excluding hydrogens is 194 g/mol. The molecule has 4 heteroatoms. The highest BCUT2D eigenvalue weighted by molar-refractivity contribution is 7.98. The van der Waals surface area contributed by atoms with Gasteiger partial charge in [-0.2, -0.15) is 11.8 Å². The number of imidazole rings is 1. The number of nitrogens with zero attached hydrogens (tertiary/aromatic N) is 2. The molecule has 0 aliphatic rings. The summed E-state index contributed by atoms with van der Waals surface area (Å²) < 4.78 is 2.23. The van der Waals surface area contributed by atoms with Gasteiger partial charge in [-0.05, 0) is 25.1 Å². The maximum atomic E-state index is 5.43. The van der Waals surface area contributed by atoms with Gasteiger partial charge in [0.1, 0.15) is 0 Å². The van der Waals surface area contributed by atoms with Crippen LogP contribution in [-0.4, -0.2) is 21.8 Å². The standard InChI is InChI=1S/C10H19N3S/c1-2-5-13-9-12-7-10(13)8-14-6-3-4-11/h7,9H,2-6,8,11H2,1H3.